The third-order valence-electron chi connectivity index (χ3n) is 6.01. The third kappa shape index (κ3) is 5.30. The molecule has 1 aliphatic rings. The van der Waals surface area contributed by atoms with Crippen LogP contribution in [0.4, 0.5) is 13.2 Å². The minimum atomic E-state index is -4.52. The van der Waals surface area contributed by atoms with Gasteiger partial charge in [0.2, 0.25) is 0 Å². The van der Waals surface area contributed by atoms with Gasteiger partial charge >= 0.3 is 6.18 Å². The van der Waals surface area contributed by atoms with E-state index in [1.807, 2.05) is 12.1 Å². The average molecular weight is 468 g/mol. The van der Waals surface area contributed by atoms with Gasteiger partial charge in [-0.05, 0) is 67.8 Å². The molecule has 0 amide bonds. The van der Waals surface area contributed by atoms with E-state index in [4.69, 9.17) is 4.52 Å². The first-order valence-electron chi connectivity index (χ1n) is 11.4. The van der Waals surface area contributed by atoms with Gasteiger partial charge in [0.1, 0.15) is 0 Å². The van der Waals surface area contributed by atoms with E-state index in [1.54, 1.807) is 31.2 Å². The topological polar surface area (TPSA) is 42.2 Å². The highest BCUT2D eigenvalue weighted by Gasteiger charge is 2.35. The molecule has 1 unspecified atom stereocenters. The number of benzene rings is 2. The van der Waals surface area contributed by atoms with E-state index in [0.29, 0.717) is 11.4 Å². The lowest BCUT2D eigenvalue weighted by atomic mass is 9.94. The van der Waals surface area contributed by atoms with Crippen LogP contribution >= 0.6 is 0 Å². The largest absolute Gasteiger partial charge is 0.417 e. The van der Waals surface area contributed by atoms with Crippen LogP contribution in [-0.4, -0.2) is 35.2 Å². The number of nitrogens with zero attached hydrogens (tertiary/aromatic N) is 3. The normalized spacial score (nSPS) is 16.2. The van der Waals surface area contributed by atoms with Crippen molar-refractivity contribution >= 4 is 0 Å². The van der Waals surface area contributed by atoms with E-state index >= 15 is 0 Å². The SMILES string of the molecule is CCCN(C)CC1=CCC(c2noc(-c3ccc(-c4ccccc4C)c(C(F)(F)F)c3)n2)C=C1. The van der Waals surface area contributed by atoms with Gasteiger partial charge in [-0.1, -0.05) is 60.6 Å². The Balaban J connectivity index is 1.57. The summed E-state index contributed by atoms with van der Waals surface area (Å²) in [6.45, 7) is 5.86. The Morgan fingerprint density at radius 1 is 1.12 bits per heavy atom. The number of halogens is 3. The van der Waals surface area contributed by atoms with Gasteiger partial charge in [-0.3, -0.25) is 0 Å². The first kappa shape index (κ1) is 24.0. The lowest BCUT2D eigenvalue weighted by Crippen LogP contribution is -2.22. The number of alkyl halides is 3. The quantitative estimate of drug-likeness (QED) is 0.374. The Labute approximate surface area is 197 Å². The molecule has 7 heteroatoms. The Kier molecular flexibility index (Phi) is 7.03. The molecule has 0 bridgehead atoms. The van der Waals surface area contributed by atoms with Crippen molar-refractivity contribution in [2.75, 3.05) is 20.1 Å². The second-order valence-corrected chi connectivity index (χ2v) is 8.75. The van der Waals surface area contributed by atoms with Crippen LogP contribution < -0.4 is 0 Å². The molecule has 0 N–H and O–H groups in total. The molecule has 0 aliphatic heterocycles. The Morgan fingerprint density at radius 2 is 1.91 bits per heavy atom. The number of allylic oxidation sites excluding steroid dienone is 2. The molecule has 0 radical (unpaired) electrons. The van der Waals surface area contributed by atoms with Gasteiger partial charge in [0.25, 0.3) is 5.89 Å². The second kappa shape index (κ2) is 9.97. The van der Waals surface area contributed by atoms with Gasteiger partial charge in [0.15, 0.2) is 5.82 Å². The molecular formula is C27H28F3N3O. The van der Waals surface area contributed by atoms with E-state index in [1.165, 1.54) is 11.6 Å². The van der Waals surface area contributed by atoms with Crippen molar-refractivity contribution < 1.29 is 17.7 Å². The van der Waals surface area contributed by atoms with Crippen molar-refractivity contribution in [3.63, 3.8) is 0 Å². The summed E-state index contributed by atoms with van der Waals surface area (Å²) >= 11 is 0. The number of rotatable bonds is 7. The van der Waals surface area contributed by atoms with E-state index in [0.717, 1.165) is 37.6 Å². The lowest BCUT2D eigenvalue weighted by molar-refractivity contribution is -0.137. The smallest absolute Gasteiger partial charge is 0.334 e. The van der Waals surface area contributed by atoms with Crippen LogP contribution in [0.1, 0.15) is 42.6 Å². The van der Waals surface area contributed by atoms with Gasteiger partial charge in [0, 0.05) is 18.0 Å². The molecular weight excluding hydrogens is 439 g/mol. The van der Waals surface area contributed by atoms with Crippen LogP contribution in [0.5, 0.6) is 0 Å². The van der Waals surface area contributed by atoms with Gasteiger partial charge in [-0.15, -0.1) is 0 Å². The molecule has 1 atom stereocenters. The van der Waals surface area contributed by atoms with E-state index in [9.17, 15) is 13.2 Å². The highest BCUT2D eigenvalue weighted by Crippen LogP contribution is 2.40. The predicted octanol–water partition coefficient (Wildman–Crippen LogP) is 7.04. The summed E-state index contributed by atoms with van der Waals surface area (Å²) in [5.41, 5.74) is 2.22. The van der Waals surface area contributed by atoms with Crippen LogP contribution in [0.2, 0.25) is 0 Å². The first-order chi connectivity index (χ1) is 16.3. The molecule has 0 saturated heterocycles. The van der Waals surface area contributed by atoms with E-state index < -0.39 is 11.7 Å². The number of likely N-dealkylation sites (N-methyl/N-ethyl adjacent to an activating group) is 1. The van der Waals surface area contributed by atoms with Gasteiger partial charge in [0.05, 0.1) is 5.56 Å². The molecule has 34 heavy (non-hydrogen) atoms. The van der Waals surface area contributed by atoms with Crippen LogP contribution in [-0.2, 0) is 6.18 Å². The summed E-state index contributed by atoms with van der Waals surface area (Å²) in [7, 11) is 2.09. The zero-order valence-corrected chi connectivity index (χ0v) is 19.6. The van der Waals surface area contributed by atoms with E-state index in [-0.39, 0.29) is 22.9 Å². The fourth-order valence-electron chi connectivity index (χ4n) is 4.27. The molecule has 178 valence electrons. The Bertz CT molecular complexity index is 1210. The van der Waals surface area contributed by atoms with Crippen molar-refractivity contribution in [1.82, 2.24) is 15.0 Å². The summed E-state index contributed by atoms with van der Waals surface area (Å²) in [6, 6.07) is 11.2. The molecule has 1 aromatic heterocycles. The maximum atomic E-state index is 13.9. The zero-order chi connectivity index (χ0) is 24.3. The number of hydrogen-bond donors (Lipinski definition) is 0. The minimum absolute atomic E-state index is 0.0638. The fourth-order valence-corrected chi connectivity index (χ4v) is 4.27. The molecule has 3 aromatic rings. The summed E-state index contributed by atoms with van der Waals surface area (Å²) in [5, 5.41) is 4.06. The lowest BCUT2D eigenvalue weighted by Gasteiger charge is -2.19. The molecule has 2 aromatic carbocycles. The summed E-state index contributed by atoms with van der Waals surface area (Å²) in [5.74, 6) is 0.494. The third-order valence-corrected chi connectivity index (χ3v) is 6.01. The number of aryl methyl sites for hydroxylation is 1. The highest BCUT2D eigenvalue weighted by atomic mass is 19.4. The summed E-state index contributed by atoms with van der Waals surface area (Å²) < 4.78 is 47.2. The van der Waals surface area contributed by atoms with Crippen LogP contribution in [0.25, 0.3) is 22.6 Å². The molecule has 1 aliphatic carbocycles. The van der Waals surface area contributed by atoms with Crippen molar-refractivity contribution in [2.45, 2.75) is 38.8 Å². The maximum Gasteiger partial charge on any atom is 0.417 e. The predicted molar refractivity (Wildman–Crippen MR) is 127 cm³/mol. The molecule has 1 heterocycles. The molecule has 0 spiro atoms. The van der Waals surface area contributed by atoms with Crippen molar-refractivity contribution in [1.29, 1.82) is 0 Å². The van der Waals surface area contributed by atoms with Crippen molar-refractivity contribution in [2.24, 2.45) is 0 Å². The standard InChI is InChI=1S/C27H28F3N3O/c1-4-15-33(3)17-19-9-11-20(12-10-19)25-31-26(34-32-25)21-13-14-23(24(16-21)27(28,29)30)22-8-6-5-7-18(22)2/h5-11,13-14,16,20H,4,12,15,17H2,1-3H3. The minimum Gasteiger partial charge on any atom is -0.334 e. The van der Waals surface area contributed by atoms with Crippen LogP contribution in [0.3, 0.4) is 0 Å². The van der Waals surface area contributed by atoms with E-state index in [2.05, 4.69) is 41.2 Å². The molecule has 0 fully saturated rings. The number of hydrogen-bond acceptors (Lipinski definition) is 4. The first-order valence-corrected chi connectivity index (χ1v) is 11.4. The highest BCUT2D eigenvalue weighted by molar-refractivity contribution is 5.74. The van der Waals surface area contributed by atoms with Crippen molar-refractivity contribution in [3.05, 3.63) is 83.2 Å². The van der Waals surface area contributed by atoms with Crippen molar-refractivity contribution in [3.8, 4) is 22.6 Å². The van der Waals surface area contributed by atoms with Gasteiger partial charge in [-0.2, -0.15) is 18.2 Å². The Morgan fingerprint density at radius 3 is 2.59 bits per heavy atom. The fraction of sp³-hybridized carbons (Fsp3) is 0.333. The van der Waals surface area contributed by atoms with Crippen LogP contribution in [0.15, 0.2) is 70.8 Å². The maximum absolute atomic E-state index is 13.9. The average Bonchev–Trinajstić information content (AvgIpc) is 3.29. The monoisotopic (exact) mass is 467 g/mol. The molecule has 0 saturated carbocycles. The molecule has 4 rings (SSSR count). The summed E-state index contributed by atoms with van der Waals surface area (Å²) in [4.78, 5) is 6.69. The van der Waals surface area contributed by atoms with Gasteiger partial charge in [-0.25, -0.2) is 0 Å². The van der Waals surface area contributed by atoms with Gasteiger partial charge < -0.3 is 9.42 Å². The number of aromatic nitrogens is 2. The second-order valence-electron chi connectivity index (χ2n) is 8.75. The van der Waals surface area contributed by atoms with Crippen LogP contribution in [0, 0.1) is 6.92 Å². The molecule has 4 nitrogen and oxygen atoms in total. The Hall–Kier alpha value is -3.19. The summed E-state index contributed by atoms with van der Waals surface area (Å²) in [6.07, 6.45) is 3.57. The zero-order valence-electron chi connectivity index (χ0n) is 19.6.